The molecule has 8 heteroatoms. The Hall–Kier alpha value is -4.14. The van der Waals surface area contributed by atoms with E-state index in [2.05, 4.69) is 62.9 Å². The molecule has 37 heavy (non-hydrogen) atoms. The molecule has 4 heterocycles. The summed E-state index contributed by atoms with van der Waals surface area (Å²) in [5, 5.41) is 5.58. The van der Waals surface area contributed by atoms with Crippen LogP contribution in [0.1, 0.15) is 24.1 Å². The fraction of sp³-hybridized carbons (Fsp3) is 0.241. The number of carbonyl (C=O) groups is 1. The normalized spacial score (nSPS) is 14.9. The third kappa shape index (κ3) is 4.57. The summed E-state index contributed by atoms with van der Waals surface area (Å²) in [7, 11) is 0. The zero-order chi connectivity index (χ0) is 25.4. The number of fused-ring (bicyclic) bond motifs is 3. The van der Waals surface area contributed by atoms with Gasteiger partial charge in [-0.25, -0.2) is 15.8 Å². The van der Waals surface area contributed by atoms with Gasteiger partial charge in [-0.2, -0.15) is 9.61 Å². The number of piperidine rings is 1. The van der Waals surface area contributed by atoms with Gasteiger partial charge < -0.3 is 0 Å². The maximum atomic E-state index is 11.8. The number of pyridine rings is 1. The number of hydrogen-bond acceptors (Lipinski definition) is 6. The average molecular weight is 492 g/mol. The fourth-order valence-electron chi connectivity index (χ4n) is 5.21. The SMILES string of the molecule is Cc1cc2ncc3cc(-c4ccccc4)c(-c4ccc(CN5CCC(C(=O)NN)CC5)cc4)nc3n2n1. The highest BCUT2D eigenvalue weighted by molar-refractivity contribution is 5.90. The molecule has 3 aromatic heterocycles. The number of aromatic nitrogens is 4. The zero-order valence-electron chi connectivity index (χ0n) is 20.8. The summed E-state index contributed by atoms with van der Waals surface area (Å²) in [6.07, 6.45) is 3.54. The second-order valence-corrected chi connectivity index (χ2v) is 9.73. The first-order valence-electron chi connectivity index (χ1n) is 12.6. The second-order valence-electron chi connectivity index (χ2n) is 9.73. The number of amides is 1. The van der Waals surface area contributed by atoms with Crippen molar-refractivity contribution in [2.75, 3.05) is 13.1 Å². The number of nitrogens with one attached hydrogen (secondary N) is 1. The molecular formula is C29H29N7O. The summed E-state index contributed by atoms with van der Waals surface area (Å²) in [4.78, 5) is 23.9. The molecule has 3 N–H and O–H groups in total. The quantitative estimate of drug-likeness (QED) is 0.218. The number of hydrazine groups is 1. The fourth-order valence-corrected chi connectivity index (χ4v) is 5.21. The minimum atomic E-state index is -0.0561. The maximum absolute atomic E-state index is 11.8. The topological polar surface area (TPSA) is 101 Å². The molecular weight excluding hydrogens is 462 g/mol. The molecule has 1 saturated heterocycles. The molecule has 8 nitrogen and oxygen atoms in total. The molecule has 0 bridgehead atoms. The van der Waals surface area contributed by atoms with Crippen molar-refractivity contribution in [3.05, 3.63) is 84.2 Å². The molecule has 1 aliphatic heterocycles. The largest absolute Gasteiger partial charge is 0.299 e. The summed E-state index contributed by atoms with van der Waals surface area (Å²) < 4.78 is 1.83. The molecule has 186 valence electrons. The second kappa shape index (κ2) is 9.72. The summed E-state index contributed by atoms with van der Waals surface area (Å²) in [6.45, 7) is 4.59. The van der Waals surface area contributed by atoms with Crippen LogP contribution in [0.4, 0.5) is 0 Å². The molecule has 1 amide bonds. The Morgan fingerprint density at radius 2 is 1.78 bits per heavy atom. The Morgan fingerprint density at radius 3 is 2.51 bits per heavy atom. The van der Waals surface area contributed by atoms with Crippen LogP contribution in [0.15, 0.2) is 72.9 Å². The molecule has 0 aliphatic carbocycles. The lowest BCUT2D eigenvalue weighted by molar-refractivity contribution is -0.126. The van der Waals surface area contributed by atoms with Gasteiger partial charge >= 0.3 is 0 Å². The third-order valence-electron chi connectivity index (χ3n) is 7.20. The number of likely N-dealkylation sites (tertiary alicyclic amines) is 1. The van der Waals surface area contributed by atoms with Crippen LogP contribution < -0.4 is 11.3 Å². The van der Waals surface area contributed by atoms with Gasteiger partial charge in [-0.3, -0.25) is 15.1 Å². The Balaban J connectivity index is 1.33. The maximum Gasteiger partial charge on any atom is 0.237 e. The van der Waals surface area contributed by atoms with Crippen LogP contribution in [0.5, 0.6) is 0 Å². The molecule has 0 unspecified atom stereocenters. The van der Waals surface area contributed by atoms with Crippen molar-refractivity contribution in [3.8, 4) is 22.4 Å². The third-order valence-corrected chi connectivity index (χ3v) is 7.20. The summed E-state index contributed by atoms with van der Waals surface area (Å²) >= 11 is 0. The van der Waals surface area contributed by atoms with E-state index in [0.29, 0.717) is 0 Å². The van der Waals surface area contributed by atoms with Crippen molar-refractivity contribution in [3.63, 3.8) is 0 Å². The average Bonchev–Trinajstić information content (AvgIpc) is 3.34. The zero-order valence-corrected chi connectivity index (χ0v) is 20.8. The lowest BCUT2D eigenvalue weighted by Gasteiger charge is -2.31. The van der Waals surface area contributed by atoms with E-state index < -0.39 is 0 Å². The van der Waals surface area contributed by atoms with Gasteiger partial charge in [-0.15, -0.1) is 0 Å². The Labute approximate surface area is 215 Å². The van der Waals surface area contributed by atoms with E-state index in [-0.39, 0.29) is 11.8 Å². The van der Waals surface area contributed by atoms with E-state index >= 15 is 0 Å². The molecule has 0 atom stereocenters. The summed E-state index contributed by atoms with van der Waals surface area (Å²) in [6, 6.07) is 23.1. The number of carbonyl (C=O) groups excluding carboxylic acids is 1. The summed E-state index contributed by atoms with van der Waals surface area (Å²) in [5.41, 5.74) is 10.2. The minimum Gasteiger partial charge on any atom is -0.299 e. The van der Waals surface area contributed by atoms with Gasteiger partial charge in [0.25, 0.3) is 0 Å². The lowest BCUT2D eigenvalue weighted by Crippen LogP contribution is -2.42. The minimum absolute atomic E-state index is 0.0132. The van der Waals surface area contributed by atoms with Gasteiger partial charge in [0.2, 0.25) is 5.91 Å². The van der Waals surface area contributed by atoms with Crippen LogP contribution in [-0.4, -0.2) is 43.5 Å². The van der Waals surface area contributed by atoms with Gasteiger partial charge in [-0.1, -0.05) is 54.6 Å². The van der Waals surface area contributed by atoms with E-state index in [1.807, 2.05) is 41.9 Å². The molecule has 0 spiro atoms. The Kier molecular flexibility index (Phi) is 6.12. The van der Waals surface area contributed by atoms with Crippen molar-refractivity contribution in [2.45, 2.75) is 26.3 Å². The van der Waals surface area contributed by atoms with Gasteiger partial charge in [-0.05, 0) is 50.0 Å². The standard InChI is InChI=1S/C29H29N7O/c1-19-15-26-31-17-24-16-25(21-5-3-2-4-6-21)27(32-28(24)36(26)34-19)22-9-7-20(8-10-22)18-35-13-11-23(12-14-35)29(37)33-30/h2-10,15-17,23H,11-14,18,30H2,1H3,(H,33,37). The van der Waals surface area contributed by atoms with Crippen molar-refractivity contribution in [1.29, 1.82) is 0 Å². The first kappa shape index (κ1) is 23.3. The molecule has 6 rings (SSSR count). The van der Waals surface area contributed by atoms with Crippen LogP contribution >= 0.6 is 0 Å². The van der Waals surface area contributed by atoms with Crippen molar-refractivity contribution < 1.29 is 4.79 Å². The number of hydrogen-bond donors (Lipinski definition) is 2. The van der Waals surface area contributed by atoms with Crippen LogP contribution in [0.25, 0.3) is 39.1 Å². The molecule has 5 aromatic rings. The highest BCUT2D eigenvalue weighted by Crippen LogP contribution is 2.33. The van der Waals surface area contributed by atoms with Crippen molar-refractivity contribution in [1.82, 2.24) is 29.9 Å². The van der Waals surface area contributed by atoms with Gasteiger partial charge in [0.1, 0.15) is 0 Å². The highest BCUT2D eigenvalue weighted by Gasteiger charge is 2.24. The Morgan fingerprint density at radius 1 is 1.03 bits per heavy atom. The number of rotatable bonds is 5. The highest BCUT2D eigenvalue weighted by atomic mass is 16.2. The van der Waals surface area contributed by atoms with E-state index in [4.69, 9.17) is 10.8 Å². The first-order valence-corrected chi connectivity index (χ1v) is 12.6. The van der Waals surface area contributed by atoms with E-state index in [0.717, 1.165) is 77.2 Å². The van der Waals surface area contributed by atoms with Crippen LogP contribution in [-0.2, 0) is 11.3 Å². The number of nitrogens with zero attached hydrogens (tertiary/aromatic N) is 5. The first-order chi connectivity index (χ1) is 18.1. The number of benzene rings is 2. The smallest absolute Gasteiger partial charge is 0.237 e. The van der Waals surface area contributed by atoms with Crippen LogP contribution in [0.3, 0.4) is 0 Å². The van der Waals surface area contributed by atoms with Gasteiger partial charge in [0.05, 0.1) is 11.4 Å². The molecule has 0 saturated carbocycles. The van der Waals surface area contributed by atoms with E-state index in [1.165, 1.54) is 5.56 Å². The van der Waals surface area contributed by atoms with Crippen LogP contribution in [0, 0.1) is 12.8 Å². The van der Waals surface area contributed by atoms with Crippen LogP contribution in [0.2, 0.25) is 0 Å². The molecule has 2 aromatic carbocycles. The predicted octanol–water partition coefficient (Wildman–Crippen LogP) is 4.12. The van der Waals surface area contributed by atoms with E-state index in [9.17, 15) is 4.79 Å². The number of nitrogens with two attached hydrogens (primary N) is 1. The predicted molar refractivity (Wildman–Crippen MR) is 144 cm³/mol. The van der Waals surface area contributed by atoms with E-state index in [1.54, 1.807) is 0 Å². The lowest BCUT2D eigenvalue weighted by atomic mass is 9.95. The van der Waals surface area contributed by atoms with Crippen molar-refractivity contribution in [2.24, 2.45) is 11.8 Å². The summed E-state index contributed by atoms with van der Waals surface area (Å²) in [5.74, 6) is 5.26. The van der Waals surface area contributed by atoms with Gasteiger partial charge in [0, 0.05) is 41.2 Å². The molecule has 0 radical (unpaired) electrons. The van der Waals surface area contributed by atoms with Gasteiger partial charge in [0.15, 0.2) is 11.3 Å². The monoisotopic (exact) mass is 491 g/mol. The number of aryl methyl sites for hydroxylation is 1. The molecule has 1 fully saturated rings. The molecule has 1 aliphatic rings. The Bertz CT molecular complexity index is 1570. The van der Waals surface area contributed by atoms with Crippen molar-refractivity contribution >= 4 is 22.6 Å².